The second-order valence-electron chi connectivity index (χ2n) is 18.7. The maximum Gasteiger partial charge on any atom is 0.171 e. The molecule has 0 unspecified atom stereocenters. The predicted octanol–water partition coefficient (Wildman–Crippen LogP) is 15.7. The molecule has 0 radical (unpaired) electrons. The molecule has 0 aliphatic carbocycles. The highest BCUT2D eigenvalue weighted by atomic mass is 31.2. The Labute approximate surface area is 419 Å². The van der Waals surface area contributed by atoms with E-state index in [-0.39, 0.29) is 0 Å². The molecular formula is C68H46O2P2. The van der Waals surface area contributed by atoms with Crippen molar-refractivity contribution in [3.05, 3.63) is 279 Å². The fourth-order valence-electron chi connectivity index (χ4n) is 11.0. The van der Waals surface area contributed by atoms with Crippen LogP contribution in [-0.2, 0) is 9.13 Å². The van der Waals surface area contributed by atoms with Gasteiger partial charge in [-0.1, -0.05) is 243 Å². The number of hydrogen-bond acceptors (Lipinski definition) is 2. The summed E-state index contributed by atoms with van der Waals surface area (Å²) in [4.78, 5) is 0. The molecule has 0 amide bonds. The van der Waals surface area contributed by atoms with Crippen molar-refractivity contribution >= 4 is 100.0 Å². The number of hydrogen-bond donors (Lipinski definition) is 0. The van der Waals surface area contributed by atoms with Crippen LogP contribution in [0.1, 0.15) is 0 Å². The predicted molar refractivity (Wildman–Crippen MR) is 309 cm³/mol. The topological polar surface area (TPSA) is 34.1 Å². The van der Waals surface area contributed by atoms with Crippen molar-refractivity contribution < 1.29 is 9.13 Å². The van der Waals surface area contributed by atoms with E-state index in [1.54, 1.807) is 0 Å². The van der Waals surface area contributed by atoms with Crippen LogP contribution in [0, 0.1) is 0 Å². The zero-order valence-corrected chi connectivity index (χ0v) is 41.1. The van der Waals surface area contributed by atoms with E-state index >= 15 is 9.13 Å². The van der Waals surface area contributed by atoms with Crippen LogP contribution in [0.3, 0.4) is 0 Å². The highest BCUT2D eigenvalue weighted by Gasteiger charge is 2.32. The van der Waals surface area contributed by atoms with Crippen LogP contribution < -0.4 is 31.8 Å². The smallest absolute Gasteiger partial charge is 0.171 e. The summed E-state index contributed by atoms with van der Waals surface area (Å²) in [5.74, 6) is 0. The zero-order chi connectivity index (χ0) is 48.2. The fraction of sp³-hybridized carbons (Fsp3) is 0. The summed E-state index contributed by atoms with van der Waals surface area (Å²) in [5, 5.41) is 16.1. The molecule has 13 aromatic rings. The first kappa shape index (κ1) is 43.6. The molecule has 2 nitrogen and oxygen atoms in total. The third-order valence-electron chi connectivity index (χ3n) is 14.5. The third-order valence-corrected chi connectivity index (χ3v) is 20.7. The fourth-order valence-corrected chi connectivity index (χ4v) is 16.3. The molecule has 0 heterocycles. The van der Waals surface area contributed by atoms with Crippen LogP contribution >= 0.6 is 14.3 Å². The van der Waals surface area contributed by atoms with Crippen molar-refractivity contribution in [1.82, 2.24) is 0 Å². The normalized spacial score (nSPS) is 12.0. The summed E-state index contributed by atoms with van der Waals surface area (Å²) in [7, 11) is -6.53. The minimum atomic E-state index is -3.36. The average molecular weight is 957 g/mol. The molecule has 4 heteroatoms. The second-order valence-corrected chi connectivity index (χ2v) is 24.2. The van der Waals surface area contributed by atoms with Gasteiger partial charge in [0, 0.05) is 31.8 Å². The van der Waals surface area contributed by atoms with Gasteiger partial charge >= 0.3 is 0 Å². The molecule has 72 heavy (non-hydrogen) atoms. The minimum absolute atomic E-state index is 0.782. The van der Waals surface area contributed by atoms with Crippen molar-refractivity contribution in [2.45, 2.75) is 0 Å². The molecule has 0 aliphatic rings. The van der Waals surface area contributed by atoms with E-state index in [0.717, 1.165) is 97.5 Å². The van der Waals surface area contributed by atoms with E-state index in [4.69, 9.17) is 0 Å². The van der Waals surface area contributed by atoms with Gasteiger partial charge in [-0.15, -0.1) is 0 Å². The SMILES string of the molecule is O=P(c1ccccc1)(c1ccccc1)c1ccc(-c2ccc3c(-c4ccc5ccccc5c4)c4cc(P(=O)(c5ccccc5)c5ccccc5)ccc4c(-c4ccc5cc6ccccc6cc5c4)c3c2)cc1. The highest BCUT2D eigenvalue weighted by Crippen LogP contribution is 2.49. The van der Waals surface area contributed by atoms with Crippen LogP contribution in [0.4, 0.5) is 0 Å². The molecule has 13 rings (SSSR count). The molecule has 0 saturated heterocycles. The highest BCUT2D eigenvalue weighted by molar-refractivity contribution is 7.85. The first-order valence-electron chi connectivity index (χ1n) is 24.4. The van der Waals surface area contributed by atoms with Gasteiger partial charge in [-0.3, -0.25) is 0 Å². The molecule has 0 spiro atoms. The van der Waals surface area contributed by atoms with Crippen LogP contribution in [-0.4, -0.2) is 0 Å². The molecule has 340 valence electrons. The Morgan fingerprint density at radius 2 is 0.528 bits per heavy atom. The number of rotatable bonds is 9. The molecule has 0 aromatic heterocycles. The van der Waals surface area contributed by atoms with Gasteiger partial charge in [-0.05, 0) is 124 Å². The summed E-state index contributed by atoms with van der Waals surface area (Å²) >= 11 is 0. The van der Waals surface area contributed by atoms with Crippen molar-refractivity contribution in [1.29, 1.82) is 0 Å². The molecule has 0 aliphatic heterocycles. The molecule has 0 N–H and O–H groups in total. The van der Waals surface area contributed by atoms with Crippen molar-refractivity contribution in [3.63, 3.8) is 0 Å². The largest absolute Gasteiger partial charge is 0.309 e. The lowest BCUT2D eigenvalue weighted by molar-refractivity contribution is 0.591. The summed E-state index contributed by atoms with van der Waals surface area (Å²) in [6.07, 6.45) is 0. The van der Waals surface area contributed by atoms with Gasteiger partial charge in [0.25, 0.3) is 0 Å². The van der Waals surface area contributed by atoms with Gasteiger partial charge in [-0.2, -0.15) is 0 Å². The van der Waals surface area contributed by atoms with Gasteiger partial charge in [0.2, 0.25) is 0 Å². The molecular weight excluding hydrogens is 911 g/mol. The van der Waals surface area contributed by atoms with Crippen LogP contribution in [0.5, 0.6) is 0 Å². The van der Waals surface area contributed by atoms with Gasteiger partial charge in [0.05, 0.1) is 0 Å². The van der Waals surface area contributed by atoms with Crippen molar-refractivity contribution in [2.75, 3.05) is 0 Å². The third kappa shape index (κ3) is 7.34. The number of benzene rings is 13. The lowest BCUT2D eigenvalue weighted by Gasteiger charge is -2.23. The van der Waals surface area contributed by atoms with Gasteiger partial charge in [-0.25, -0.2) is 0 Å². The van der Waals surface area contributed by atoms with Gasteiger partial charge in [0.1, 0.15) is 0 Å². The van der Waals surface area contributed by atoms with E-state index in [9.17, 15) is 0 Å². The maximum absolute atomic E-state index is 16.2. The standard InChI is InChI=1S/C68H46O2P2/c69-71(57-21-5-1-6-22-57,58-23-7-2-8-24-58)61-36-33-48(34-37-61)53-35-39-63-65(45-53)67(55-32-30-52-41-50-19-15-16-20-51(50)43-56(52)44-55)64-40-38-62(72(70,59-25-9-3-10-26-59)60-27-11-4-12-28-60)46-66(64)68(63)54-31-29-47-17-13-14-18-49(47)42-54/h1-46H. The molecule has 0 fully saturated rings. The van der Waals surface area contributed by atoms with E-state index in [2.05, 4.69) is 158 Å². The van der Waals surface area contributed by atoms with Crippen LogP contribution in [0.15, 0.2) is 279 Å². The first-order chi connectivity index (χ1) is 35.4. The Kier molecular flexibility index (Phi) is 10.8. The lowest BCUT2D eigenvalue weighted by Crippen LogP contribution is -2.25. The molecule has 0 atom stereocenters. The van der Waals surface area contributed by atoms with Crippen LogP contribution in [0.25, 0.3) is 87.2 Å². The zero-order valence-electron chi connectivity index (χ0n) is 39.3. The van der Waals surface area contributed by atoms with Crippen LogP contribution in [0.2, 0.25) is 0 Å². The first-order valence-corrected chi connectivity index (χ1v) is 27.8. The second kappa shape index (κ2) is 17.8. The number of fused-ring (bicyclic) bond motifs is 5. The molecule has 0 bridgehead atoms. The van der Waals surface area contributed by atoms with Crippen molar-refractivity contribution in [3.8, 4) is 33.4 Å². The summed E-state index contributed by atoms with van der Waals surface area (Å²) < 4.78 is 31.6. The quantitative estimate of drug-likeness (QED) is 0.107. The Bertz CT molecular complexity index is 4220. The summed E-state index contributed by atoms with van der Waals surface area (Å²) in [5.41, 5.74) is 6.45. The Hall–Kier alpha value is -8.38. The Morgan fingerprint density at radius 1 is 0.194 bits per heavy atom. The van der Waals surface area contributed by atoms with Crippen molar-refractivity contribution in [2.24, 2.45) is 0 Å². The average Bonchev–Trinajstić information content (AvgIpc) is 3.46. The van der Waals surface area contributed by atoms with E-state index in [1.165, 1.54) is 21.5 Å². The summed E-state index contributed by atoms with van der Waals surface area (Å²) in [6, 6.07) is 96.6. The van der Waals surface area contributed by atoms with E-state index in [1.807, 2.05) is 121 Å². The van der Waals surface area contributed by atoms with E-state index < -0.39 is 14.3 Å². The van der Waals surface area contributed by atoms with Gasteiger partial charge < -0.3 is 9.13 Å². The molecule has 0 saturated carbocycles. The Balaban J connectivity index is 1.09. The lowest BCUT2D eigenvalue weighted by atomic mass is 9.84. The molecule has 13 aromatic carbocycles. The Morgan fingerprint density at radius 3 is 1.06 bits per heavy atom. The minimum Gasteiger partial charge on any atom is -0.309 e. The summed E-state index contributed by atoms with van der Waals surface area (Å²) in [6.45, 7) is 0. The maximum atomic E-state index is 16.2. The monoisotopic (exact) mass is 956 g/mol. The van der Waals surface area contributed by atoms with E-state index in [0.29, 0.717) is 0 Å². The van der Waals surface area contributed by atoms with Gasteiger partial charge in [0.15, 0.2) is 14.3 Å².